The van der Waals surface area contributed by atoms with Gasteiger partial charge in [-0.3, -0.25) is 4.79 Å². The molecule has 0 spiro atoms. The quantitative estimate of drug-likeness (QED) is 0.776. The molecule has 0 aliphatic carbocycles. The highest BCUT2D eigenvalue weighted by Gasteiger charge is 2.31. The summed E-state index contributed by atoms with van der Waals surface area (Å²) in [5, 5.41) is 3.31. The molecule has 148 valence electrons. The number of esters is 1. The minimum atomic E-state index is -0.489. The van der Waals surface area contributed by atoms with Crippen LogP contribution in [0.2, 0.25) is 0 Å². The lowest BCUT2D eigenvalue weighted by molar-refractivity contribution is -0.115. The van der Waals surface area contributed by atoms with E-state index in [2.05, 4.69) is 5.32 Å². The second-order valence-corrected chi connectivity index (χ2v) is 7.39. The Hall–Kier alpha value is -2.87. The second-order valence-electron chi connectivity index (χ2n) is 6.28. The largest absolute Gasteiger partial charge is 0.465 e. The van der Waals surface area contributed by atoms with E-state index in [0.29, 0.717) is 36.7 Å². The molecule has 0 fully saturated rings. The Bertz CT molecular complexity index is 878. The number of carbonyl (C=O) groups is 3. The van der Waals surface area contributed by atoms with E-state index in [-0.39, 0.29) is 18.4 Å². The lowest BCUT2D eigenvalue weighted by atomic mass is 10.0. The van der Waals surface area contributed by atoms with Crippen LogP contribution in [0.3, 0.4) is 0 Å². The lowest BCUT2D eigenvalue weighted by Crippen LogP contribution is -2.36. The summed E-state index contributed by atoms with van der Waals surface area (Å²) in [7, 11) is 1.32. The predicted molar refractivity (Wildman–Crippen MR) is 106 cm³/mol. The molecule has 2 heterocycles. The van der Waals surface area contributed by atoms with Crippen molar-refractivity contribution in [2.75, 3.05) is 25.6 Å². The van der Waals surface area contributed by atoms with Gasteiger partial charge in [0.15, 0.2) is 0 Å². The van der Waals surface area contributed by atoms with Gasteiger partial charge in [0.2, 0.25) is 5.91 Å². The molecule has 1 aliphatic heterocycles. The van der Waals surface area contributed by atoms with Gasteiger partial charge in [-0.15, -0.1) is 11.3 Å². The highest BCUT2D eigenvalue weighted by molar-refractivity contribution is 7.17. The fourth-order valence-corrected chi connectivity index (χ4v) is 4.40. The molecule has 1 aliphatic rings. The molecule has 0 radical (unpaired) electrons. The van der Waals surface area contributed by atoms with Crippen molar-refractivity contribution in [3.05, 3.63) is 51.9 Å². The van der Waals surface area contributed by atoms with Crippen molar-refractivity contribution in [3.63, 3.8) is 0 Å². The number of amides is 2. The first-order valence-electron chi connectivity index (χ1n) is 9.01. The number of ether oxygens (including phenoxy) is 2. The van der Waals surface area contributed by atoms with E-state index in [1.54, 1.807) is 11.8 Å². The summed E-state index contributed by atoms with van der Waals surface area (Å²) in [5.74, 6) is -0.700. The van der Waals surface area contributed by atoms with Gasteiger partial charge in [0, 0.05) is 11.4 Å². The smallest absolute Gasteiger partial charge is 0.410 e. The van der Waals surface area contributed by atoms with Gasteiger partial charge in [0.05, 0.1) is 32.2 Å². The minimum Gasteiger partial charge on any atom is -0.465 e. The number of methoxy groups -OCH3 is 1. The number of fused-ring (bicyclic) bond motifs is 1. The standard InChI is InChI=1S/C20H22N2O5S/c1-3-27-20(25)22-10-9-14-15(12-22)28-18(17(14)19(24)26-2)21-16(23)11-13-7-5-4-6-8-13/h4-8H,3,9-12H2,1-2H3,(H,21,23). The van der Waals surface area contributed by atoms with Crippen molar-refractivity contribution in [1.29, 1.82) is 0 Å². The van der Waals surface area contributed by atoms with Gasteiger partial charge >= 0.3 is 12.1 Å². The summed E-state index contributed by atoms with van der Waals surface area (Å²) in [6, 6.07) is 9.38. The number of nitrogens with zero attached hydrogens (tertiary/aromatic N) is 1. The Morgan fingerprint density at radius 1 is 1.21 bits per heavy atom. The molecule has 1 aromatic heterocycles. The SMILES string of the molecule is CCOC(=O)N1CCc2c(sc(NC(=O)Cc3ccccc3)c2C(=O)OC)C1. The third-order valence-corrected chi connectivity index (χ3v) is 5.57. The maximum atomic E-state index is 12.5. The summed E-state index contributed by atoms with van der Waals surface area (Å²) in [6.45, 7) is 2.86. The summed E-state index contributed by atoms with van der Waals surface area (Å²) < 4.78 is 9.99. The first-order valence-corrected chi connectivity index (χ1v) is 9.83. The molecule has 2 amide bonds. The van der Waals surface area contributed by atoms with Crippen molar-refractivity contribution in [2.45, 2.75) is 26.3 Å². The van der Waals surface area contributed by atoms with Crippen LogP contribution >= 0.6 is 11.3 Å². The van der Waals surface area contributed by atoms with Crippen molar-refractivity contribution in [2.24, 2.45) is 0 Å². The van der Waals surface area contributed by atoms with Crippen molar-refractivity contribution < 1.29 is 23.9 Å². The van der Waals surface area contributed by atoms with Crippen LogP contribution in [0.5, 0.6) is 0 Å². The fourth-order valence-electron chi connectivity index (χ4n) is 3.13. The number of hydrogen-bond acceptors (Lipinski definition) is 6. The van der Waals surface area contributed by atoms with E-state index in [0.717, 1.165) is 16.0 Å². The zero-order valence-corrected chi connectivity index (χ0v) is 16.6. The average Bonchev–Trinajstić information content (AvgIpc) is 3.05. The third kappa shape index (κ3) is 4.33. The average molecular weight is 402 g/mol. The maximum Gasteiger partial charge on any atom is 0.410 e. The Morgan fingerprint density at radius 3 is 2.64 bits per heavy atom. The van der Waals surface area contributed by atoms with E-state index in [9.17, 15) is 14.4 Å². The van der Waals surface area contributed by atoms with Crippen LogP contribution in [0, 0.1) is 0 Å². The molecule has 2 aromatic rings. The second kappa shape index (κ2) is 8.88. The summed E-state index contributed by atoms with van der Waals surface area (Å²) >= 11 is 1.30. The topological polar surface area (TPSA) is 84.9 Å². The monoisotopic (exact) mass is 402 g/mol. The van der Waals surface area contributed by atoms with Gasteiger partial charge in [-0.05, 0) is 24.5 Å². The number of thiophene rings is 1. The molecule has 1 N–H and O–H groups in total. The van der Waals surface area contributed by atoms with Crippen LogP contribution in [0.25, 0.3) is 0 Å². The minimum absolute atomic E-state index is 0.207. The molecule has 0 saturated heterocycles. The van der Waals surface area contributed by atoms with Crippen LogP contribution in [0.15, 0.2) is 30.3 Å². The van der Waals surface area contributed by atoms with E-state index in [1.807, 2.05) is 30.3 Å². The van der Waals surface area contributed by atoms with E-state index >= 15 is 0 Å². The molecular formula is C20H22N2O5S. The van der Waals surface area contributed by atoms with Gasteiger partial charge in [-0.25, -0.2) is 9.59 Å². The van der Waals surface area contributed by atoms with Gasteiger partial charge in [0.1, 0.15) is 5.00 Å². The highest BCUT2D eigenvalue weighted by Crippen LogP contribution is 2.37. The normalized spacial score (nSPS) is 12.9. The number of hydrogen-bond donors (Lipinski definition) is 1. The summed E-state index contributed by atoms with van der Waals surface area (Å²) in [5.41, 5.74) is 2.09. The molecule has 3 rings (SSSR count). The maximum absolute atomic E-state index is 12.5. The lowest BCUT2D eigenvalue weighted by Gasteiger charge is -2.26. The molecule has 28 heavy (non-hydrogen) atoms. The molecule has 8 heteroatoms. The highest BCUT2D eigenvalue weighted by atomic mass is 32.1. The Morgan fingerprint density at radius 2 is 1.96 bits per heavy atom. The van der Waals surface area contributed by atoms with Crippen molar-refractivity contribution in [1.82, 2.24) is 4.90 Å². The van der Waals surface area contributed by atoms with Crippen molar-refractivity contribution in [3.8, 4) is 0 Å². The third-order valence-electron chi connectivity index (χ3n) is 4.43. The van der Waals surface area contributed by atoms with Crippen LogP contribution < -0.4 is 5.32 Å². The zero-order chi connectivity index (χ0) is 20.1. The van der Waals surface area contributed by atoms with Crippen LogP contribution in [0.4, 0.5) is 9.80 Å². The van der Waals surface area contributed by atoms with Crippen molar-refractivity contribution >= 4 is 34.3 Å². The predicted octanol–water partition coefficient (Wildman–Crippen LogP) is 3.23. The van der Waals surface area contributed by atoms with Gasteiger partial charge in [0.25, 0.3) is 0 Å². The first-order chi connectivity index (χ1) is 13.5. The molecule has 0 unspecified atom stereocenters. The van der Waals surface area contributed by atoms with Crippen LogP contribution in [0.1, 0.15) is 33.3 Å². The number of benzene rings is 1. The molecule has 0 saturated carbocycles. The Balaban J connectivity index is 1.82. The van der Waals surface area contributed by atoms with E-state index in [4.69, 9.17) is 9.47 Å². The molecule has 0 atom stereocenters. The molecule has 7 nitrogen and oxygen atoms in total. The van der Waals surface area contributed by atoms with E-state index in [1.165, 1.54) is 18.4 Å². The van der Waals surface area contributed by atoms with Crippen LogP contribution in [-0.2, 0) is 33.7 Å². The number of rotatable bonds is 5. The summed E-state index contributed by atoms with van der Waals surface area (Å²) in [6.07, 6.45) is 0.332. The summed E-state index contributed by atoms with van der Waals surface area (Å²) in [4.78, 5) is 39.3. The molecular weight excluding hydrogens is 380 g/mol. The van der Waals surface area contributed by atoms with E-state index < -0.39 is 5.97 Å². The van der Waals surface area contributed by atoms with Gasteiger partial charge in [-0.2, -0.15) is 0 Å². The van der Waals surface area contributed by atoms with Gasteiger partial charge in [-0.1, -0.05) is 30.3 Å². The number of nitrogens with one attached hydrogen (secondary N) is 1. The zero-order valence-electron chi connectivity index (χ0n) is 15.8. The number of carbonyl (C=O) groups excluding carboxylic acids is 3. The van der Waals surface area contributed by atoms with Gasteiger partial charge < -0.3 is 19.7 Å². The molecule has 0 bridgehead atoms. The Kier molecular flexibility index (Phi) is 6.30. The first kappa shape index (κ1) is 19.9. The number of anilines is 1. The Labute approximate surface area is 167 Å². The van der Waals surface area contributed by atoms with Crippen LogP contribution in [-0.4, -0.2) is 43.1 Å². The fraction of sp³-hybridized carbons (Fsp3) is 0.350. The molecule has 1 aromatic carbocycles.